The Labute approximate surface area is 141 Å². The second kappa shape index (κ2) is 6.87. The van der Waals surface area contributed by atoms with Gasteiger partial charge in [-0.25, -0.2) is 4.79 Å². The van der Waals surface area contributed by atoms with E-state index < -0.39 is 0 Å². The minimum Gasteiger partial charge on any atom is -0.497 e. The fourth-order valence-corrected chi connectivity index (χ4v) is 2.82. The zero-order chi connectivity index (χ0) is 17.1. The third kappa shape index (κ3) is 3.65. The zero-order valence-corrected chi connectivity index (χ0v) is 13.9. The Hall–Kier alpha value is -2.62. The van der Waals surface area contributed by atoms with Crippen LogP contribution in [0.1, 0.15) is 33.8 Å². The SMILES string of the molecule is COc1ccc(C2CC2C(=N)COC(=O)c2ccc(C)cc2)cc1. The Morgan fingerprint density at radius 2 is 1.79 bits per heavy atom. The first kappa shape index (κ1) is 16.2. The van der Waals surface area contributed by atoms with E-state index in [0.29, 0.717) is 17.2 Å². The van der Waals surface area contributed by atoms with Crippen molar-refractivity contribution in [2.24, 2.45) is 5.92 Å². The quantitative estimate of drug-likeness (QED) is 0.646. The number of hydrogen-bond donors (Lipinski definition) is 1. The molecule has 1 aliphatic rings. The lowest BCUT2D eigenvalue weighted by molar-refractivity contribution is 0.0561. The number of carbonyl (C=O) groups is 1. The summed E-state index contributed by atoms with van der Waals surface area (Å²) in [6.07, 6.45) is 0.938. The van der Waals surface area contributed by atoms with Crippen LogP contribution in [0.4, 0.5) is 0 Å². The monoisotopic (exact) mass is 323 g/mol. The average Bonchev–Trinajstić information content (AvgIpc) is 3.41. The first-order valence-corrected chi connectivity index (χ1v) is 8.03. The highest BCUT2D eigenvalue weighted by Crippen LogP contribution is 2.48. The van der Waals surface area contributed by atoms with Gasteiger partial charge >= 0.3 is 5.97 Å². The molecule has 0 aromatic heterocycles. The molecular formula is C20H21NO3. The van der Waals surface area contributed by atoms with Gasteiger partial charge in [0.15, 0.2) is 0 Å². The lowest BCUT2D eigenvalue weighted by Gasteiger charge is -2.07. The summed E-state index contributed by atoms with van der Waals surface area (Å²) >= 11 is 0. The molecule has 1 aliphatic carbocycles. The van der Waals surface area contributed by atoms with Gasteiger partial charge in [-0.2, -0.15) is 0 Å². The fraction of sp³-hybridized carbons (Fsp3) is 0.300. The largest absolute Gasteiger partial charge is 0.497 e. The molecule has 0 heterocycles. The van der Waals surface area contributed by atoms with Crippen LogP contribution in [0.3, 0.4) is 0 Å². The molecule has 2 atom stereocenters. The molecule has 0 amide bonds. The third-order valence-electron chi connectivity index (χ3n) is 4.43. The van der Waals surface area contributed by atoms with Crippen LogP contribution in [0.25, 0.3) is 0 Å². The summed E-state index contributed by atoms with van der Waals surface area (Å²) in [5.41, 5.74) is 3.31. The Morgan fingerprint density at radius 1 is 1.12 bits per heavy atom. The molecule has 0 saturated heterocycles. The molecule has 0 aliphatic heterocycles. The minimum absolute atomic E-state index is 0.0596. The van der Waals surface area contributed by atoms with Gasteiger partial charge in [-0.1, -0.05) is 29.8 Å². The fourth-order valence-electron chi connectivity index (χ4n) is 2.82. The third-order valence-corrected chi connectivity index (χ3v) is 4.43. The van der Waals surface area contributed by atoms with E-state index in [1.54, 1.807) is 19.2 Å². The summed E-state index contributed by atoms with van der Waals surface area (Å²) in [5, 5.41) is 8.15. The summed E-state index contributed by atoms with van der Waals surface area (Å²) in [5.74, 6) is 0.977. The molecule has 24 heavy (non-hydrogen) atoms. The van der Waals surface area contributed by atoms with Gasteiger partial charge in [0.1, 0.15) is 12.4 Å². The molecule has 4 nitrogen and oxygen atoms in total. The summed E-state index contributed by atoms with van der Waals surface area (Å²) in [6.45, 7) is 2.03. The van der Waals surface area contributed by atoms with Crippen molar-refractivity contribution in [3.8, 4) is 5.75 Å². The number of carbonyl (C=O) groups excluding carboxylic acids is 1. The molecule has 2 unspecified atom stereocenters. The number of aryl methyl sites for hydroxylation is 1. The van der Waals surface area contributed by atoms with Crippen molar-refractivity contribution in [1.82, 2.24) is 0 Å². The Morgan fingerprint density at radius 3 is 2.42 bits per heavy atom. The molecule has 3 rings (SSSR count). The van der Waals surface area contributed by atoms with Crippen LogP contribution < -0.4 is 4.74 Å². The molecule has 0 radical (unpaired) electrons. The molecule has 4 heteroatoms. The second-order valence-corrected chi connectivity index (χ2v) is 6.19. The van der Waals surface area contributed by atoms with E-state index in [4.69, 9.17) is 14.9 Å². The topological polar surface area (TPSA) is 59.4 Å². The van der Waals surface area contributed by atoms with Crippen LogP contribution in [0, 0.1) is 18.3 Å². The van der Waals surface area contributed by atoms with Crippen molar-refractivity contribution in [1.29, 1.82) is 5.41 Å². The zero-order valence-electron chi connectivity index (χ0n) is 13.9. The lowest BCUT2D eigenvalue weighted by atomic mass is 10.1. The maximum Gasteiger partial charge on any atom is 0.338 e. The summed E-state index contributed by atoms with van der Waals surface area (Å²) in [7, 11) is 1.65. The highest BCUT2D eigenvalue weighted by Gasteiger charge is 2.41. The normalized spacial score (nSPS) is 18.8. The van der Waals surface area contributed by atoms with Crippen molar-refractivity contribution in [3.63, 3.8) is 0 Å². The maximum absolute atomic E-state index is 12.0. The molecule has 2 aromatic rings. The average molecular weight is 323 g/mol. The van der Waals surface area contributed by atoms with Gasteiger partial charge < -0.3 is 14.9 Å². The first-order chi connectivity index (χ1) is 11.6. The van der Waals surface area contributed by atoms with E-state index in [-0.39, 0.29) is 18.5 Å². The van der Waals surface area contributed by atoms with Gasteiger partial charge in [-0.05, 0) is 49.1 Å². The van der Waals surface area contributed by atoms with Gasteiger partial charge in [-0.3, -0.25) is 0 Å². The van der Waals surface area contributed by atoms with Gasteiger partial charge in [0.05, 0.1) is 18.4 Å². The molecule has 0 spiro atoms. The van der Waals surface area contributed by atoms with Crippen LogP contribution in [-0.4, -0.2) is 25.4 Å². The van der Waals surface area contributed by atoms with E-state index in [1.165, 1.54) is 5.56 Å². The number of esters is 1. The van der Waals surface area contributed by atoms with Crippen molar-refractivity contribution in [3.05, 3.63) is 65.2 Å². The Balaban J connectivity index is 1.51. The predicted molar refractivity (Wildman–Crippen MR) is 93.0 cm³/mol. The van der Waals surface area contributed by atoms with Crippen LogP contribution >= 0.6 is 0 Å². The van der Waals surface area contributed by atoms with E-state index >= 15 is 0 Å². The molecule has 1 fully saturated rings. The van der Waals surface area contributed by atoms with Gasteiger partial charge in [0.2, 0.25) is 0 Å². The van der Waals surface area contributed by atoms with Gasteiger partial charge in [-0.15, -0.1) is 0 Å². The number of benzene rings is 2. The number of hydrogen-bond acceptors (Lipinski definition) is 4. The smallest absolute Gasteiger partial charge is 0.338 e. The lowest BCUT2D eigenvalue weighted by Crippen LogP contribution is -2.15. The van der Waals surface area contributed by atoms with Gasteiger partial charge in [0, 0.05) is 5.92 Å². The van der Waals surface area contributed by atoms with Crippen molar-refractivity contribution in [2.45, 2.75) is 19.3 Å². The van der Waals surface area contributed by atoms with Crippen LogP contribution in [0.2, 0.25) is 0 Å². The highest BCUT2D eigenvalue weighted by atomic mass is 16.5. The van der Waals surface area contributed by atoms with Crippen LogP contribution in [-0.2, 0) is 4.74 Å². The van der Waals surface area contributed by atoms with Crippen LogP contribution in [0.15, 0.2) is 48.5 Å². The second-order valence-electron chi connectivity index (χ2n) is 6.19. The van der Waals surface area contributed by atoms with E-state index in [2.05, 4.69) is 0 Å². The maximum atomic E-state index is 12.0. The molecular weight excluding hydrogens is 302 g/mol. The number of methoxy groups -OCH3 is 1. The molecule has 124 valence electrons. The number of rotatable bonds is 6. The molecule has 2 aromatic carbocycles. The minimum atomic E-state index is -0.374. The molecule has 1 N–H and O–H groups in total. The Bertz CT molecular complexity index is 734. The van der Waals surface area contributed by atoms with E-state index in [0.717, 1.165) is 17.7 Å². The van der Waals surface area contributed by atoms with Crippen molar-refractivity contribution in [2.75, 3.05) is 13.7 Å². The number of nitrogens with one attached hydrogen (secondary N) is 1. The molecule has 1 saturated carbocycles. The summed E-state index contributed by atoms with van der Waals surface area (Å²) in [6, 6.07) is 15.2. The van der Waals surface area contributed by atoms with Gasteiger partial charge in [0.25, 0.3) is 0 Å². The molecule has 0 bridgehead atoms. The number of ether oxygens (including phenoxy) is 2. The summed E-state index contributed by atoms with van der Waals surface area (Å²) in [4.78, 5) is 12.0. The van der Waals surface area contributed by atoms with Crippen LogP contribution in [0.5, 0.6) is 5.75 Å². The van der Waals surface area contributed by atoms with Crippen molar-refractivity contribution < 1.29 is 14.3 Å². The van der Waals surface area contributed by atoms with Crippen molar-refractivity contribution >= 4 is 11.7 Å². The van der Waals surface area contributed by atoms with E-state index in [1.807, 2.05) is 43.3 Å². The predicted octanol–water partition coefficient (Wildman–Crippen LogP) is 3.98. The Kier molecular flexibility index (Phi) is 4.65. The van der Waals surface area contributed by atoms with E-state index in [9.17, 15) is 4.79 Å². The first-order valence-electron chi connectivity index (χ1n) is 8.03. The highest BCUT2D eigenvalue weighted by molar-refractivity contribution is 5.94. The summed E-state index contributed by atoms with van der Waals surface area (Å²) < 4.78 is 10.4. The standard InChI is InChI=1S/C20H21NO3/c1-13-3-5-15(6-4-13)20(22)24-12-19(21)18-11-17(18)14-7-9-16(23-2)10-8-14/h3-10,17-18,21H,11-12H2,1-2H3.